The van der Waals surface area contributed by atoms with Crippen LogP contribution >= 0.6 is 0 Å². The van der Waals surface area contributed by atoms with Crippen LogP contribution in [-0.2, 0) is 0 Å². The SMILES string of the molecule is c1ccc(-c2cc(-c3ccc(-c4ccc(-c5ccc6ccc7ccccc7c6c5)cc4)c4oc5ccccc5c34)nc(-c3ccccc3)n2)cc1. The Morgan fingerprint density at radius 1 is 0.353 bits per heavy atom. The van der Waals surface area contributed by atoms with Crippen molar-refractivity contribution in [1.82, 2.24) is 9.97 Å². The number of furan rings is 1. The third-order valence-electron chi connectivity index (χ3n) is 9.91. The molecule has 51 heavy (non-hydrogen) atoms. The molecule has 0 unspecified atom stereocenters. The molecular formula is C48H30N2O. The zero-order valence-corrected chi connectivity index (χ0v) is 27.6. The van der Waals surface area contributed by atoms with E-state index >= 15 is 0 Å². The van der Waals surface area contributed by atoms with Gasteiger partial charge in [-0.25, -0.2) is 9.97 Å². The summed E-state index contributed by atoms with van der Waals surface area (Å²) in [5, 5.41) is 7.15. The number of nitrogens with zero attached hydrogens (tertiary/aromatic N) is 2. The first kappa shape index (κ1) is 29.1. The topological polar surface area (TPSA) is 38.9 Å². The van der Waals surface area contributed by atoms with Crippen LogP contribution in [0.1, 0.15) is 0 Å². The van der Waals surface area contributed by atoms with Gasteiger partial charge in [-0.15, -0.1) is 0 Å². The molecule has 0 radical (unpaired) electrons. The fraction of sp³-hybridized carbons (Fsp3) is 0. The maximum Gasteiger partial charge on any atom is 0.160 e. The quantitative estimate of drug-likeness (QED) is 0.174. The van der Waals surface area contributed by atoms with E-state index < -0.39 is 0 Å². The summed E-state index contributed by atoms with van der Waals surface area (Å²) in [5.74, 6) is 0.689. The van der Waals surface area contributed by atoms with Crippen LogP contribution < -0.4 is 0 Å². The molecule has 238 valence electrons. The second-order valence-electron chi connectivity index (χ2n) is 13.0. The van der Waals surface area contributed by atoms with Crippen LogP contribution in [-0.4, -0.2) is 9.97 Å². The van der Waals surface area contributed by atoms with Crippen molar-refractivity contribution in [1.29, 1.82) is 0 Å². The minimum Gasteiger partial charge on any atom is -0.455 e. The average Bonchev–Trinajstić information content (AvgIpc) is 3.61. The normalized spacial score (nSPS) is 11.5. The fourth-order valence-corrected chi connectivity index (χ4v) is 7.35. The van der Waals surface area contributed by atoms with Crippen molar-refractivity contribution in [2.24, 2.45) is 0 Å². The number of fused-ring (bicyclic) bond motifs is 6. The van der Waals surface area contributed by atoms with Gasteiger partial charge in [0.25, 0.3) is 0 Å². The lowest BCUT2D eigenvalue weighted by Crippen LogP contribution is -1.96. The molecule has 0 bridgehead atoms. The Hall–Kier alpha value is -6.84. The molecule has 3 heteroatoms. The van der Waals surface area contributed by atoms with Gasteiger partial charge in [0.15, 0.2) is 5.82 Å². The molecule has 0 aliphatic heterocycles. The van der Waals surface area contributed by atoms with Gasteiger partial charge in [0.05, 0.1) is 11.4 Å². The largest absolute Gasteiger partial charge is 0.455 e. The first-order valence-electron chi connectivity index (χ1n) is 17.2. The van der Waals surface area contributed by atoms with E-state index in [1.807, 2.05) is 48.5 Å². The van der Waals surface area contributed by atoms with E-state index in [1.54, 1.807) is 0 Å². The Morgan fingerprint density at radius 2 is 0.941 bits per heavy atom. The summed E-state index contributed by atoms with van der Waals surface area (Å²) < 4.78 is 6.69. The monoisotopic (exact) mass is 650 g/mol. The van der Waals surface area contributed by atoms with E-state index in [0.29, 0.717) is 5.82 Å². The van der Waals surface area contributed by atoms with E-state index in [1.165, 1.54) is 32.7 Å². The van der Waals surface area contributed by atoms with Crippen LogP contribution in [0.5, 0.6) is 0 Å². The molecule has 0 fully saturated rings. The van der Waals surface area contributed by atoms with E-state index in [9.17, 15) is 0 Å². The van der Waals surface area contributed by atoms with Gasteiger partial charge in [-0.1, -0.05) is 158 Å². The van der Waals surface area contributed by atoms with Crippen molar-refractivity contribution in [3.8, 4) is 56.2 Å². The molecule has 8 aromatic carbocycles. The van der Waals surface area contributed by atoms with Gasteiger partial charge in [0.1, 0.15) is 11.2 Å². The number of para-hydroxylation sites is 1. The summed E-state index contributed by atoms with van der Waals surface area (Å²) in [5.41, 5.74) is 11.0. The van der Waals surface area contributed by atoms with Crippen LogP contribution in [0, 0.1) is 0 Å². The molecule has 0 saturated heterocycles. The van der Waals surface area contributed by atoms with Crippen molar-refractivity contribution in [2.75, 3.05) is 0 Å². The Kier molecular flexibility index (Phi) is 6.81. The maximum absolute atomic E-state index is 6.69. The van der Waals surface area contributed by atoms with Crippen molar-refractivity contribution >= 4 is 43.5 Å². The van der Waals surface area contributed by atoms with Crippen molar-refractivity contribution in [3.63, 3.8) is 0 Å². The predicted molar refractivity (Wildman–Crippen MR) is 212 cm³/mol. The molecular weight excluding hydrogens is 621 g/mol. The maximum atomic E-state index is 6.69. The van der Waals surface area contributed by atoms with Crippen molar-refractivity contribution < 1.29 is 4.42 Å². The van der Waals surface area contributed by atoms with E-state index in [0.717, 1.165) is 61.1 Å². The van der Waals surface area contributed by atoms with Gasteiger partial charge in [0, 0.05) is 33.0 Å². The highest BCUT2D eigenvalue weighted by molar-refractivity contribution is 6.16. The van der Waals surface area contributed by atoms with E-state index in [-0.39, 0.29) is 0 Å². The van der Waals surface area contributed by atoms with Gasteiger partial charge < -0.3 is 4.42 Å². The summed E-state index contributed by atoms with van der Waals surface area (Å²) in [6, 6.07) is 63.8. The molecule has 3 nitrogen and oxygen atoms in total. The van der Waals surface area contributed by atoms with Gasteiger partial charge in [0.2, 0.25) is 0 Å². The molecule has 10 aromatic rings. The van der Waals surface area contributed by atoms with Gasteiger partial charge in [-0.3, -0.25) is 0 Å². The van der Waals surface area contributed by atoms with Crippen LogP contribution in [0.2, 0.25) is 0 Å². The number of rotatable bonds is 5. The average molecular weight is 651 g/mol. The minimum atomic E-state index is 0.689. The lowest BCUT2D eigenvalue weighted by Gasteiger charge is -2.12. The molecule has 0 amide bonds. The summed E-state index contributed by atoms with van der Waals surface area (Å²) in [6.45, 7) is 0. The zero-order valence-electron chi connectivity index (χ0n) is 27.6. The third kappa shape index (κ3) is 5.06. The van der Waals surface area contributed by atoms with Crippen LogP contribution in [0.3, 0.4) is 0 Å². The van der Waals surface area contributed by atoms with E-state index in [2.05, 4.69) is 133 Å². The summed E-state index contributed by atoms with van der Waals surface area (Å²) in [4.78, 5) is 10.2. The Balaban J connectivity index is 1.12. The molecule has 0 atom stereocenters. The smallest absolute Gasteiger partial charge is 0.160 e. The number of hydrogen-bond acceptors (Lipinski definition) is 3. The van der Waals surface area contributed by atoms with Crippen LogP contribution in [0.25, 0.3) is 99.6 Å². The molecule has 0 saturated carbocycles. The highest BCUT2D eigenvalue weighted by atomic mass is 16.3. The number of benzene rings is 8. The predicted octanol–water partition coefficient (Wildman–Crippen LogP) is 13.0. The first-order valence-corrected chi connectivity index (χ1v) is 17.2. The highest BCUT2D eigenvalue weighted by Gasteiger charge is 2.20. The van der Waals surface area contributed by atoms with Gasteiger partial charge >= 0.3 is 0 Å². The fourth-order valence-electron chi connectivity index (χ4n) is 7.35. The Morgan fingerprint density at radius 3 is 1.75 bits per heavy atom. The van der Waals surface area contributed by atoms with Crippen LogP contribution in [0.15, 0.2) is 186 Å². The summed E-state index contributed by atoms with van der Waals surface area (Å²) in [7, 11) is 0. The first-order chi connectivity index (χ1) is 25.3. The molecule has 0 aliphatic carbocycles. The number of aromatic nitrogens is 2. The molecule has 2 heterocycles. The molecule has 2 aromatic heterocycles. The lowest BCUT2D eigenvalue weighted by molar-refractivity contribution is 0.670. The second kappa shape index (κ2) is 11.9. The number of hydrogen-bond donors (Lipinski definition) is 0. The van der Waals surface area contributed by atoms with Crippen molar-refractivity contribution in [3.05, 3.63) is 182 Å². The van der Waals surface area contributed by atoms with E-state index in [4.69, 9.17) is 14.4 Å². The highest BCUT2D eigenvalue weighted by Crippen LogP contribution is 2.42. The van der Waals surface area contributed by atoms with Crippen LogP contribution in [0.4, 0.5) is 0 Å². The summed E-state index contributed by atoms with van der Waals surface area (Å²) in [6.07, 6.45) is 0. The zero-order chi connectivity index (χ0) is 33.7. The second-order valence-corrected chi connectivity index (χ2v) is 13.0. The van der Waals surface area contributed by atoms with Crippen molar-refractivity contribution in [2.45, 2.75) is 0 Å². The Labute approximate surface area is 295 Å². The lowest BCUT2D eigenvalue weighted by atomic mass is 9.94. The molecule has 0 N–H and O–H groups in total. The third-order valence-corrected chi connectivity index (χ3v) is 9.91. The minimum absolute atomic E-state index is 0.689. The summed E-state index contributed by atoms with van der Waals surface area (Å²) >= 11 is 0. The molecule has 0 aliphatic rings. The molecule has 0 spiro atoms. The standard InChI is InChI=1S/C48H30N2O/c1-3-12-35(13-4-1)43-30-44(50-48(49-43)36-14-5-2-6-15-36)40-28-27-39(47-46(40)41-17-9-10-18-45(41)51-47)33-21-19-31(20-22-33)37-26-25-34-24-23-32-11-7-8-16-38(32)42(34)29-37/h1-30H. The van der Waals surface area contributed by atoms with Gasteiger partial charge in [-0.2, -0.15) is 0 Å². The van der Waals surface area contributed by atoms with Gasteiger partial charge in [-0.05, 0) is 62.5 Å². The Bertz CT molecular complexity index is 2830. The molecule has 10 rings (SSSR count).